The van der Waals surface area contributed by atoms with Crippen LogP contribution >= 0.6 is 0 Å². The van der Waals surface area contributed by atoms with E-state index in [1.165, 1.54) is 38.5 Å². The molecule has 1 aliphatic rings. The SMILES string of the molecule is C.C.CC(C)(CO)CO.CCCCCC/C=C/CC(CC(=O)OCC(C)(C)COC(=O)CC(C/C=C/CCCCCC)C(=O)O)C(=O)O.CCCCCC/C=C/CC1CC(=O)OC1=O. The highest BCUT2D eigenvalue weighted by atomic mass is 16.6. The van der Waals surface area contributed by atoms with Crippen LogP contribution in [-0.2, 0) is 43.0 Å². The van der Waals surface area contributed by atoms with Crippen LogP contribution in [0.1, 0.15) is 198 Å². The molecule has 0 radical (unpaired) electrons. The number of aliphatic carboxylic acids is 2. The Bertz CT molecular complexity index is 1260. The van der Waals surface area contributed by atoms with Gasteiger partial charge in [-0.15, -0.1) is 0 Å². The molecule has 64 heavy (non-hydrogen) atoms. The molecule has 13 nitrogen and oxygen atoms in total. The Hall–Kier alpha value is -3.84. The molecule has 0 aliphatic carbocycles. The Morgan fingerprint density at radius 3 is 1.28 bits per heavy atom. The van der Waals surface area contributed by atoms with Crippen molar-refractivity contribution in [1.29, 1.82) is 0 Å². The molecule has 1 fully saturated rings. The van der Waals surface area contributed by atoms with Crippen LogP contribution in [0.25, 0.3) is 0 Å². The molecule has 0 saturated carbocycles. The van der Waals surface area contributed by atoms with Crippen LogP contribution in [-0.4, -0.2) is 82.7 Å². The lowest BCUT2D eigenvalue weighted by molar-refractivity contribution is -0.158. The number of unbranched alkanes of at least 4 members (excludes halogenated alkanes) is 12. The minimum Gasteiger partial charge on any atom is -0.481 e. The van der Waals surface area contributed by atoms with Crippen LogP contribution in [0.3, 0.4) is 0 Å². The summed E-state index contributed by atoms with van der Waals surface area (Å²) in [4.78, 5) is 69.6. The van der Waals surface area contributed by atoms with Gasteiger partial charge in [-0.2, -0.15) is 0 Å². The molecule has 0 aromatic carbocycles. The van der Waals surface area contributed by atoms with E-state index in [9.17, 15) is 39.0 Å². The predicted octanol–water partition coefficient (Wildman–Crippen LogP) is 11.4. The van der Waals surface area contributed by atoms with Gasteiger partial charge >= 0.3 is 35.8 Å². The maximum atomic E-state index is 12.3. The second-order valence-electron chi connectivity index (χ2n) is 17.8. The van der Waals surface area contributed by atoms with Gasteiger partial charge in [0.2, 0.25) is 0 Å². The van der Waals surface area contributed by atoms with E-state index in [0.717, 1.165) is 57.8 Å². The van der Waals surface area contributed by atoms with Crippen molar-refractivity contribution in [3.63, 3.8) is 0 Å². The van der Waals surface area contributed by atoms with E-state index >= 15 is 0 Å². The second kappa shape index (κ2) is 41.8. The fourth-order valence-corrected chi connectivity index (χ4v) is 5.61. The zero-order valence-corrected chi connectivity index (χ0v) is 39.3. The first-order valence-electron chi connectivity index (χ1n) is 23.1. The summed E-state index contributed by atoms with van der Waals surface area (Å²) in [5.74, 6) is -6.03. The van der Waals surface area contributed by atoms with Gasteiger partial charge in [-0.3, -0.25) is 28.8 Å². The third-order valence-electron chi connectivity index (χ3n) is 10.0. The summed E-state index contributed by atoms with van der Waals surface area (Å²) in [6.45, 7) is 13.6. The number of carboxylic acid groups (broad SMARTS) is 2. The van der Waals surface area contributed by atoms with Gasteiger partial charge in [-0.05, 0) is 57.8 Å². The Balaban J connectivity index is -0.000000588. The summed E-state index contributed by atoms with van der Waals surface area (Å²) < 4.78 is 15.1. The van der Waals surface area contributed by atoms with E-state index in [-0.39, 0.29) is 96.7 Å². The van der Waals surface area contributed by atoms with Crippen LogP contribution in [0.5, 0.6) is 0 Å². The topological polar surface area (TPSA) is 211 Å². The zero-order valence-electron chi connectivity index (χ0n) is 39.3. The normalized spacial score (nSPS) is 14.7. The molecule has 3 atom stereocenters. The van der Waals surface area contributed by atoms with E-state index in [2.05, 4.69) is 31.6 Å². The standard InChI is InChI=1S/C31H52O8.C13H20O3.C5H12O2.2CH4/c1-5-7-9-11-13-15-17-19-25(29(34)35)21-27(32)38-23-31(3,4)24-39-28(33)22-26(30(36)37)20-18-16-14-12-10-8-6-2;1-2-3-4-5-6-7-8-9-11-10-12(14)16-13(11)15;1-5(2,3-6)4-7;;/h15-18,25-26H,5-14,19-24H2,1-4H3,(H,34,35)(H,36,37);7-8,11H,2-6,9-10H2,1H3;6-7H,3-4H2,1-2H3;2*1H4/b17-15+,18-16+;8-7+;;;. The van der Waals surface area contributed by atoms with E-state index < -0.39 is 41.1 Å². The highest BCUT2D eigenvalue weighted by molar-refractivity contribution is 5.94. The van der Waals surface area contributed by atoms with Crippen LogP contribution in [0.15, 0.2) is 36.5 Å². The second-order valence-corrected chi connectivity index (χ2v) is 17.8. The molecule has 1 aliphatic heterocycles. The number of hydrogen-bond donors (Lipinski definition) is 4. The van der Waals surface area contributed by atoms with Gasteiger partial charge in [0.15, 0.2) is 0 Å². The van der Waals surface area contributed by atoms with Crippen LogP contribution < -0.4 is 0 Å². The van der Waals surface area contributed by atoms with Gasteiger partial charge in [0.1, 0.15) is 0 Å². The molecule has 0 aromatic heterocycles. The first-order valence-corrected chi connectivity index (χ1v) is 23.1. The van der Waals surface area contributed by atoms with Crippen molar-refractivity contribution in [2.75, 3.05) is 26.4 Å². The van der Waals surface area contributed by atoms with Gasteiger partial charge in [0.05, 0.1) is 63.4 Å². The average Bonchev–Trinajstić information content (AvgIpc) is 3.56. The number of cyclic esters (lactones) is 2. The number of esters is 4. The molecular weight excluding hydrogens is 821 g/mol. The van der Waals surface area contributed by atoms with E-state index in [0.29, 0.717) is 6.42 Å². The molecule has 0 bridgehead atoms. The van der Waals surface area contributed by atoms with Crippen molar-refractivity contribution in [3.8, 4) is 0 Å². The highest BCUT2D eigenvalue weighted by Crippen LogP contribution is 2.21. The molecule has 13 heteroatoms. The quantitative estimate of drug-likeness (QED) is 0.0159. The number of carbonyl (C=O) groups is 6. The highest BCUT2D eigenvalue weighted by Gasteiger charge is 2.32. The first kappa shape index (κ1) is 66.8. The summed E-state index contributed by atoms with van der Waals surface area (Å²) in [5.41, 5.74) is -1.01. The third kappa shape index (κ3) is 39.7. The summed E-state index contributed by atoms with van der Waals surface area (Å²) in [6.07, 6.45) is 29.6. The molecule has 4 N–H and O–H groups in total. The maximum Gasteiger partial charge on any atom is 0.317 e. The Labute approximate surface area is 387 Å². The van der Waals surface area contributed by atoms with Gasteiger partial charge in [-0.25, -0.2) is 0 Å². The summed E-state index contributed by atoms with van der Waals surface area (Å²) in [7, 11) is 0. The molecule has 1 heterocycles. The molecular formula is C51H92O13. The van der Waals surface area contributed by atoms with Gasteiger partial charge in [-0.1, -0.05) is 158 Å². The monoisotopic (exact) mass is 913 g/mol. The predicted molar refractivity (Wildman–Crippen MR) is 255 cm³/mol. The number of carboxylic acids is 2. The molecule has 0 spiro atoms. The maximum absolute atomic E-state index is 12.3. The molecule has 0 aromatic rings. The smallest absolute Gasteiger partial charge is 0.317 e. The van der Waals surface area contributed by atoms with E-state index in [1.807, 2.05) is 30.4 Å². The third-order valence-corrected chi connectivity index (χ3v) is 10.0. The van der Waals surface area contributed by atoms with Crippen molar-refractivity contribution < 1.29 is 63.4 Å². The molecule has 3 unspecified atom stereocenters. The van der Waals surface area contributed by atoms with Gasteiger partial charge in [0.25, 0.3) is 0 Å². The number of allylic oxidation sites excluding steroid dienone is 6. The molecule has 1 saturated heterocycles. The van der Waals surface area contributed by atoms with Crippen molar-refractivity contribution >= 4 is 35.8 Å². The van der Waals surface area contributed by atoms with E-state index in [4.69, 9.17) is 19.7 Å². The minimum absolute atomic E-state index is 0. The Morgan fingerprint density at radius 2 is 0.984 bits per heavy atom. The number of hydrogen-bond acceptors (Lipinski definition) is 11. The lowest BCUT2D eigenvalue weighted by atomic mass is 9.96. The van der Waals surface area contributed by atoms with Crippen molar-refractivity contribution in [2.45, 2.75) is 198 Å². The minimum atomic E-state index is -1.05. The van der Waals surface area contributed by atoms with Gasteiger partial charge < -0.3 is 34.6 Å². The Kier molecular flexibility index (Phi) is 43.6. The van der Waals surface area contributed by atoms with Crippen molar-refractivity contribution in [1.82, 2.24) is 0 Å². The Morgan fingerprint density at radius 1 is 0.609 bits per heavy atom. The summed E-state index contributed by atoms with van der Waals surface area (Å²) in [5, 5.41) is 35.8. The summed E-state index contributed by atoms with van der Waals surface area (Å²) >= 11 is 0. The molecule has 1 rings (SSSR count). The van der Waals surface area contributed by atoms with Crippen LogP contribution in [0.2, 0.25) is 0 Å². The largest absolute Gasteiger partial charge is 0.481 e. The fourth-order valence-electron chi connectivity index (χ4n) is 5.61. The average molecular weight is 913 g/mol. The zero-order chi connectivity index (χ0) is 47.2. The number of ether oxygens (including phenoxy) is 3. The fraction of sp³-hybridized carbons (Fsp3) is 0.765. The van der Waals surface area contributed by atoms with Crippen molar-refractivity contribution in [2.24, 2.45) is 28.6 Å². The van der Waals surface area contributed by atoms with Crippen molar-refractivity contribution in [3.05, 3.63) is 36.5 Å². The van der Waals surface area contributed by atoms with E-state index in [1.54, 1.807) is 27.7 Å². The number of aliphatic hydroxyl groups excluding tert-OH is 2. The first-order chi connectivity index (χ1) is 29.4. The number of rotatable bonds is 33. The molecule has 374 valence electrons. The van der Waals surface area contributed by atoms with Gasteiger partial charge in [0, 0.05) is 10.8 Å². The number of carbonyl (C=O) groups excluding carboxylic acids is 4. The van der Waals surface area contributed by atoms with Crippen LogP contribution in [0, 0.1) is 28.6 Å². The number of aliphatic hydroxyl groups is 2. The molecule has 0 amide bonds. The lowest BCUT2D eigenvalue weighted by Gasteiger charge is -2.24. The van der Waals surface area contributed by atoms with Crippen LogP contribution in [0.4, 0.5) is 0 Å². The summed E-state index contributed by atoms with van der Waals surface area (Å²) in [6, 6.07) is 0. The lowest BCUT2D eigenvalue weighted by Crippen LogP contribution is -2.30.